The first-order valence-electron chi connectivity index (χ1n) is 16.1. The third-order valence-electron chi connectivity index (χ3n) is 8.81. The van der Waals surface area contributed by atoms with E-state index in [2.05, 4.69) is 68.6 Å². The molecule has 5 heteroatoms. The van der Waals surface area contributed by atoms with Crippen molar-refractivity contribution in [3.8, 4) is 11.1 Å². The standard InChI is InChI=1S/C38H52O5/c1-7-8-9-10-29-13-17-32(18-14-29)34-21-23-35(24-22-34)33-19-15-30(16-20-33)11-12-31(25-42-36(39)27(2)3)26-43-37(40)28(4)38(5,6)41/h15-16,19-24,29,31-32,41H,2,4,7-14,17-18,25-26H2,1,3,5-6H3. The molecule has 0 amide bonds. The van der Waals surface area contributed by atoms with Crippen molar-refractivity contribution < 1.29 is 24.2 Å². The summed E-state index contributed by atoms with van der Waals surface area (Å²) in [4.78, 5) is 24.3. The highest BCUT2D eigenvalue weighted by atomic mass is 16.5. The van der Waals surface area contributed by atoms with Gasteiger partial charge in [0.05, 0.1) is 24.4 Å². The molecule has 1 saturated carbocycles. The molecule has 2 aromatic carbocycles. The van der Waals surface area contributed by atoms with Gasteiger partial charge in [0.2, 0.25) is 0 Å². The van der Waals surface area contributed by atoms with Crippen LogP contribution in [0.25, 0.3) is 11.1 Å². The van der Waals surface area contributed by atoms with Gasteiger partial charge >= 0.3 is 11.9 Å². The number of ether oxygens (including phenoxy) is 2. The molecular weight excluding hydrogens is 536 g/mol. The molecule has 1 aliphatic rings. The molecule has 0 aliphatic heterocycles. The van der Waals surface area contributed by atoms with Crippen molar-refractivity contribution in [2.24, 2.45) is 11.8 Å². The minimum Gasteiger partial charge on any atom is -0.462 e. The van der Waals surface area contributed by atoms with Gasteiger partial charge in [-0.2, -0.15) is 0 Å². The number of aryl methyl sites for hydroxylation is 1. The third kappa shape index (κ3) is 11.1. The van der Waals surface area contributed by atoms with Gasteiger partial charge in [0.15, 0.2) is 0 Å². The summed E-state index contributed by atoms with van der Waals surface area (Å²) in [6, 6.07) is 17.7. The van der Waals surface area contributed by atoms with Gasteiger partial charge in [0, 0.05) is 11.5 Å². The van der Waals surface area contributed by atoms with Crippen LogP contribution in [0.1, 0.15) is 103 Å². The van der Waals surface area contributed by atoms with Gasteiger partial charge in [-0.3, -0.25) is 0 Å². The number of hydrogen-bond acceptors (Lipinski definition) is 5. The van der Waals surface area contributed by atoms with Gasteiger partial charge in [-0.1, -0.05) is 94.3 Å². The van der Waals surface area contributed by atoms with Crippen LogP contribution in [0.3, 0.4) is 0 Å². The van der Waals surface area contributed by atoms with Gasteiger partial charge in [-0.25, -0.2) is 9.59 Å². The van der Waals surface area contributed by atoms with Crippen molar-refractivity contribution >= 4 is 11.9 Å². The van der Waals surface area contributed by atoms with Crippen LogP contribution in [0.5, 0.6) is 0 Å². The molecule has 1 unspecified atom stereocenters. The predicted octanol–water partition coefficient (Wildman–Crippen LogP) is 8.75. The Kier molecular flexibility index (Phi) is 13.3. The average molecular weight is 589 g/mol. The average Bonchev–Trinajstić information content (AvgIpc) is 3.00. The molecule has 0 saturated heterocycles. The normalized spacial score (nSPS) is 17.6. The minimum atomic E-state index is -1.37. The second kappa shape index (κ2) is 16.6. The lowest BCUT2D eigenvalue weighted by atomic mass is 9.77. The lowest BCUT2D eigenvalue weighted by molar-refractivity contribution is -0.145. The van der Waals surface area contributed by atoms with E-state index in [4.69, 9.17) is 9.47 Å². The molecule has 43 heavy (non-hydrogen) atoms. The van der Waals surface area contributed by atoms with Gasteiger partial charge in [0.25, 0.3) is 0 Å². The highest BCUT2D eigenvalue weighted by Crippen LogP contribution is 2.38. The zero-order valence-electron chi connectivity index (χ0n) is 26.8. The monoisotopic (exact) mass is 588 g/mol. The van der Waals surface area contributed by atoms with Crippen molar-refractivity contribution in [3.63, 3.8) is 0 Å². The smallest absolute Gasteiger partial charge is 0.336 e. The number of rotatable bonds is 16. The summed E-state index contributed by atoms with van der Waals surface area (Å²) in [6.07, 6.45) is 12.2. The summed E-state index contributed by atoms with van der Waals surface area (Å²) in [7, 11) is 0. The van der Waals surface area contributed by atoms with Crippen LogP contribution in [-0.4, -0.2) is 35.9 Å². The zero-order valence-corrected chi connectivity index (χ0v) is 26.8. The Bertz CT molecular complexity index is 1190. The Morgan fingerprint density at radius 3 is 1.98 bits per heavy atom. The van der Waals surface area contributed by atoms with E-state index < -0.39 is 17.5 Å². The highest BCUT2D eigenvalue weighted by molar-refractivity contribution is 5.89. The van der Waals surface area contributed by atoms with Gasteiger partial charge in [-0.05, 0) is 93.4 Å². The summed E-state index contributed by atoms with van der Waals surface area (Å²) < 4.78 is 10.8. The molecule has 0 bridgehead atoms. The molecule has 1 N–H and O–H groups in total. The van der Waals surface area contributed by atoms with Crippen molar-refractivity contribution in [3.05, 3.63) is 84.0 Å². The molecule has 234 valence electrons. The summed E-state index contributed by atoms with van der Waals surface area (Å²) in [5.74, 6) is 0.280. The molecule has 1 fully saturated rings. The van der Waals surface area contributed by atoms with Crippen LogP contribution in [0.4, 0.5) is 0 Å². The van der Waals surface area contributed by atoms with E-state index in [0.717, 1.165) is 17.9 Å². The Morgan fingerprint density at radius 1 is 0.884 bits per heavy atom. The van der Waals surface area contributed by atoms with Crippen LogP contribution < -0.4 is 0 Å². The lowest BCUT2D eigenvalue weighted by Gasteiger charge is -2.29. The van der Waals surface area contributed by atoms with Crippen molar-refractivity contribution in [2.45, 2.75) is 103 Å². The van der Waals surface area contributed by atoms with E-state index in [1.807, 2.05) is 0 Å². The Hall–Kier alpha value is -3.18. The van der Waals surface area contributed by atoms with E-state index in [1.165, 1.54) is 81.9 Å². The first kappa shape index (κ1) is 34.3. The highest BCUT2D eigenvalue weighted by Gasteiger charge is 2.26. The molecule has 0 spiro atoms. The predicted molar refractivity (Wildman–Crippen MR) is 175 cm³/mol. The number of aliphatic hydroxyl groups is 1. The summed E-state index contributed by atoms with van der Waals surface area (Å²) in [5.41, 5.74) is 3.96. The molecule has 1 aliphatic carbocycles. The Balaban J connectivity index is 1.54. The lowest BCUT2D eigenvalue weighted by Crippen LogP contribution is -2.30. The van der Waals surface area contributed by atoms with Crippen molar-refractivity contribution in [2.75, 3.05) is 13.2 Å². The molecular formula is C38H52O5. The summed E-state index contributed by atoms with van der Waals surface area (Å²) in [6.45, 7) is 14.3. The molecule has 1 atom stereocenters. The number of unbranched alkanes of at least 4 members (excludes halogenated alkanes) is 2. The molecule has 2 aromatic rings. The maximum Gasteiger partial charge on any atom is 0.336 e. The number of benzene rings is 2. The number of carbonyl (C=O) groups excluding carboxylic acids is 2. The number of carbonyl (C=O) groups is 2. The van der Waals surface area contributed by atoms with Crippen LogP contribution in [0, 0.1) is 11.8 Å². The van der Waals surface area contributed by atoms with Crippen molar-refractivity contribution in [1.82, 2.24) is 0 Å². The molecule has 3 rings (SSSR count). The first-order chi connectivity index (χ1) is 20.5. The first-order valence-corrected chi connectivity index (χ1v) is 16.1. The van der Waals surface area contributed by atoms with E-state index in [-0.39, 0.29) is 24.7 Å². The van der Waals surface area contributed by atoms with E-state index in [9.17, 15) is 14.7 Å². The fourth-order valence-electron chi connectivity index (χ4n) is 5.71. The number of esters is 2. The molecule has 0 heterocycles. The number of hydrogen-bond donors (Lipinski definition) is 1. The SMILES string of the molecule is C=C(C)C(=O)OCC(CCc1ccc(-c2ccc(C3CCC(CCCCC)CC3)cc2)cc1)COC(=O)C(=C)C(C)(C)O. The van der Waals surface area contributed by atoms with Crippen LogP contribution in [0.2, 0.25) is 0 Å². The maximum atomic E-state index is 12.4. The summed E-state index contributed by atoms with van der Waals surface area (Å²) >= 11 is 0. The van der Waals surface area contributed by atoms with Crippen molar-refractivity contribution in [1.29, 1.82) is 0 Å². The van der Waals surface area contributed by atoms with Gasteiger partial charge in [0.1, 0.15) is 0 Å². The summed E-state index contributed by atoms with van der Waals surface area (Å²) in [5, 5.41) is 10.0. The van der Waals surface area contributed by atoms with E-state index >= 15 is 0 Å². The van der Waals surface area contributed by atoms with E-state index in [0.29, 0.717) is 17.9 Å². The van der Waals surface area contributed by atoms with Gasteiger partial charge < -0.3 is 14.6 Å². The Labute approximate surface area is 259 Å². The largest absolute Gasteiger partial charge is 0.462 e. The molecule has 0 radical (unpaired) electrons. The van der Waals surface area contributed by atoms with Crippen LogP contribution in [0.15, 0.2) is 72.8 Å². The molecule has 0 aromatic heterocycles. The topological polar surface area (TPSA) is 72.8 Å². The Morgan fingerprint density at radius 2 is 1.44 bits per heavy atom. The van der Waals surface area contributed by atoms with Crippen LogP contribution >= 0.6 is 0 Å². The van der Waals surface area contributed by atoms with E-state index in [1.54, 1.807) is 6.92 Å². The second-order valence-corrected chi connectivity index (χ2v) is 13.0. The fraction of sp³-hybridized carbons (Fsp3) is 0.526. The minimum absolute atomic E-state index is 0.0148. The van der Waals surface area contributed by atoms with Gasteiger partial charge in [-0.15, -0.1) is 0 Å². The third-order valence-corrected chi connectivity index (χ3v) is 8.81. The van der Waals surface area contributed by atoms with Crippen LogP contribution in [-0.2, 0) is 25.5 Å². The quantitative estimate of drug-likeness (QED) is 0.121. The maximum absolute atomic E-state index is 12.4. The second-order valence-electron chi connectivity index (χ2n) is 13.0. The molecule has 5 nitrogen and oxygen atoms in total. The zero-order chi connectivity index (χ0) is 31.4. The fourth-order valence-corrected chi connectivity index (χ4v) is 5.71.